The molecule has 2 aromatic rings. The number of halogens is 2. The van der Waals surface area contributed by atoms with E-state index in [4.69, 9.17) is 4.74 Å². The molecular weight excluding hydrogens is 302 g/mol. The zero-order valence-corrected chi connectivity index (χ0v) is 12.5. The number of ether oxygens (including phenoxy) is 1. The van der Waals surface area contributed by atoms with Gasteiger partial charge in [0.1, 0.15) is 6.61 Å². The molecule has 5 nitrogen and oxygen atoms in total. The van der Waals surface area contributed by atoms with E-state index in [1.165, 1.54) is 6.20 Å². The predicted octanol–water partition coefficient (Wildman–Crippen LogP) is 2.63. The zero-order chi connectivity index (χ0) is 15.9. The summed E-state index contributed by atoms with van der Waals surface area (Å²) in [5.41, 5.74) is 1.02. The van der Waals surface area contributed by atoms with Crippen molar-refractivity contribution in [2.75, 3.05) is 19.7 Å². The molecule has 2 aromatic heterocycles. The standard InChI is InChI=1S/C16H16F2N4O/c17-7-11-6-16(3-1-5-22(16)9-11)10-23-15-20-13-2-4-19-8-12(13)14(18)21-15/h2,4,7-8H,1,3,5-6,9-10H2/b11-7-/t16-/m0/s1. The van der Waals surface area contributed by atoms with Gasteiger partial charge in [0.05, 0.1) is 22.8 Å². The Morgan fingerprint density at radius 1 is 1.39 bits per heavy atom. The van der Waals surface area contributed by atoms with Crippen molar-refractivity contribution in [3.8, 4) is 6.01 Å². The summed E-state index contributed by atoms with van der Waals surface area (Å²) < 4.78 is 32.5. The molecule has 7 heteroatoms. The van der Waals surface area contributed by atoms with Crippen LogP contribution in [-0.4, -0.2) is 45.1 Å². The Kier molecular flexibility index (Phi) is 3.45. The topological polar surface area (TPSA) is 51.1 Å². The Bertz CT molecular complexity index is 782. The maximum absolute atomic E-state index is 14.0. The number of fused-ring (bicyclic) bond motifs is 2. The monoisotopic (exact) mass is 318 g/mol. The van der Waals surface area contributed by atoms with Crippen LogP contribution < -0.4 is 4.74 Å². The highest BCUT2D eigenvalue weighted by Gasteiger charge is 2.47. The van der Waals surface area contributed by atoms with E-state index in [-0.39, 0.29) is 16.9 Å². The largest absolute Gasteiger partial charge is 0.461 e. The van der Waals surface area contributed by atoms with Gasteiger partial charge in [-0.15, -0.1) is 0 Å². The van der Waals surface area contributed by atoms with Crippen molar-refractivity contribution in [1.82, 2.24) is 19.9 Å². The summed E-state index contributed by atoms with van der Waals surface area (Å²) in [5, 5.41) is 0.268. The van der Waals surface area contributed by atoms with Crippen molar-refractivity contribution in [2.24, 2.45) is 0 Å². The minimum atomic E-state index is -0.644. The van der Waals surface area contributed by atoms with Gasteiger partial charge in [-0.2, -0.15) is 14.4 Å². The Morgan fingerprint density at radius 3 is 3.17 bits per heavy atom. The summed E-state index contributed by atoms with van der Waals surface area (Å²) in [6, 6.07) is 1.63. The minimum Gasteiger partial charge on any atom is -0.461 e. The van der Waals surface area contributed by atoms with Crippen LogP contribution >= 0.6 is 0 Å². The summed E-state index contributed by atoms with van der Waals surface area (Å²) in [6.45, 7) is 1.90. The van der Waals surface area contributed by atoms with Crippen LogP contribution in [0.5, 0.6) is 6.01 Å². The Hall–Kier alpha value is -2.15. The number of rotatable bonds is 3. The van der Waals surface area contributed by atoms with Crippen molar-refractivity contribution >= 4 is 10.9 Å². The Balaban J connectivity index is 1.57. The summed E-state index contributed by atoms with van der Waals surface area (Å²) >= 11 is 0. The van der Waals surface area contributed by atoms with Crippen LogP contribution in [0.4, 0.5) is 8.78 Å². The van der Waals surface area contributed by atoms with Crippen LogP contribution in [-0.2, 0) is 0 Å². The lowest BCUT2D eigenvalue weighted by Crippen LogP contribution is -2.43. The van der Waals surface area contributed by atoms with Crippen molar-refractivity contribution in [3.63, 3.8) is 0 Å². The fourth-order valence-corrected chi connectivity index (χ4v) is 3.63. The van der Waals surface area contributed by atoms with E-state index in [1.54, 1.807) is 12.3 Å². The second kappa shape index (κ2) is 5.49. The molecule has 0 N–H and O–H groups in total. The highest BCUT2D eigenvalue weighted by Crippen LogP contribution is 2.41. The third-order valence-electron chi connectivity index (χ3n) is 4.75. The van der Waals surface area contributed by atoms with Gasteiger partial charge in [-0.1, -0.05) is 0 Å². The predicted molar refractivity (Wildman–Crippen MR) is 80.1 cm³/mol. The minimum absolute atomic E-state index is 0.0140. The van der Waals surface area contributed by atoms with Gasteiger partial charge in [0.15, 0.2) is 0 Å². The van der Waals surface area contributed by atoms with E-state index < -0.39 is 5.95 Å². The van der Waals surface area contributed by atoms with Gasteiger partial charge >= 0.3 is 6.01 Å². The molecule has 0 unspecified atom stereocenters. The van der Waals surface area contributed by atoms with Gasteiger partial charge in [0.25, 0.3) is 0 Å². The molecule has 23 heavy (non-hydrogen) atoms. The molecule has 2 aliphatic heterocycles. The molecule has 2 aliphatic rings. The van der Waals surface area contributed by atoms with Gasteiger partial charge in [-0.05, 0) is 37.4 Å². The molecule has 0 aromatic carbocycles. The average Bonchev–Trinajstić information content (AvgIpc) is 3.10. The first-order valence-electron chi connectivity index (χ1n) is 7.63. The first kappa shape index (κ1) is 14.4. The van der Waals surface area contributed by atoms with Crippen molar-refractivity contribution in [2.45, 2.75) is 24.8 Å². The molecule has 0 radical (unpaired) electrons. The molecule has 0 spiro atoms. The van der Waals surface area contributed by atoms with E-state index in [2.05, 4.69) is 19.9 Å². The second-order valence-electron chi connectivity index (χ2n) is 6.17. The first-order valence-corrected chi connectivity index (χ1v) is 7.63. The van der Waals surface area contributed by atoms with Crippen molar-refractivity contribution < 1.29 is 13.5 Å². The molecule has 2 fully saturated rings. The third-order valence-corrected chi connectivity index (χ3v) is 4.75. The van der Waals surface area contributed by atoms with Crippen LogP contribution in [0.3, 0.4) is 0 Å². The van der Waals surface area contributed by atoms with E-state index >= 15 is 0 Å². The summed E-state index contributed by atoms with van der Waals surface area (Å²) in [5.74, 6) is -0.644. The average molecular weight is 318 g/mol. The van der Waals surface area contributed by atoms with Crippen LogP contribution in [0.15, 0.2) is 30.4 Å². The van der Waals surface area contributed by atoms with Gasteiger partial charge < -0.3 is 4.74 Å². The van der Waals surface area contributed by atoms with E-state index in [0.717, 1.165) is 25.0 Å². The quantitative estimate of drug-likeness (QED) is 0.814. The van der Waals surface area contributed by atoms with E-state index in [0.29, 0.717) is 31.4 Å². The molecule has 4 heterocycles. The van der Waals surface area contributed by atoms with Gasteiger partial charge in [0, 0.05) is 18.9 Å². The molecule has 0 amide bonds. The van der Waals surface area contributed by atoms with Gasteiger partial charge in [-0.25, -0.2) is 4.39 Å². The maximum Gasteiger partial charge on any atom is 0.319 e. The third kappa shape index (κ3) is 2.45. The molecule has 1 atom stereocenters. The number of nitrogens with zero attached hydrogens (tertiary/aromatic N) is 4. The van der Waals surface area contributed by atoms with Gasteiger partial charge in [0.2, 0.25) is 5.95 Å². The van der Waals surface area contributed by atoms with E-state index in [1.807, 2.05) is 0 Å². The lowest BCUT2D eigenvalue weighted by Gasteiger charge is -2.30. The lowest BCUT2D eigenvalue weighted by atomic mass is 9.94. The summed E-state index contributed by atoms with van der Waals surface area (Å²) in [6.07, 6.45) is 6.26. The SMILES string of the molecule is F/C=C1\CN2CCC[C@@]2(COc2nc(F)c3cnccc3n2)C1. The van der Waals surface area contributed by atoms with Gasteiger partial charge in [-0.3, -0.25) is 9.88 Å². The van der Waals surface area contributed by atoms with Crippen molar-refractivity contribution in [3.05, 3.63) is 36.3 Å². The summed E-state index contributed by atoms with van der Waals surface area (Å²) in [4.78, 5) is 14.1. The maximum atomic E-state index is 14.0. The highest BCUT2D eigenvalue weighted by atomic mass is 19.1. The first-order chi connectivity index (χ1) is 11.2. The summed E-state index contributed by atoms with van der Waals surface area (Å²) in [7, 11) is 0. The molecule has 4 rings (SSSR count). The molecular formula is C16H16F2N4O. The van der Waals surface area contributed by atoms with Crippen LogP contribution in [0.2, 0.25) is 0 Å². The number of aromatic nitrogens is 3. The number of hydrogen-bond acceptors (Lipinski definition) is 5. The Morgan fingerprint density at radius 2 is 2.30 bits per heavy atom. The molecule has 0 saturated carbocycles. The van der Waals surface area contributed by atoms with Crippen LogP contribution in [0.25, 0.3) is 10.9 Å². The van der Waals surface area contributed by atoms with Crippen molar-refractivity contribution in [1.29, 1.82) is 0 Å². The van der Waals surface area contributed by atoms with Crippen LogP contribution in [0, 0.1) is 5.95 Å². The Labute approximate surface area is 132 Å². The molecule has 2 saturated heterocycles. The molecule has 120 valence electrons. The smallest absolute Gasteiger partial charge is 0.319 e. The normalized spacial score (nSPS) is 26.1. The fourth-order valence-electron chi connectivity index (χ4n) is 3.63. The molecule has 0 bridgehead atoms. The lowest BCUT2D eigenvalue weighted by molar-refractivity contribution is 0.107. The number of hydrogen-bond donors (Lipinski definition) is 0. The fraction of sp³-hybridized carbons (Fsp3) is 0.438. The molecule has 0 aliphatic carbocycles. The number of pyridine rings is 1. The van der Waals surface area contributed by atoms with E-state index in [9.17, 15) is 8.78 Å². The van der Waals surface area contributed by atoms with Crippen LogP contribution in [0.1, 0.15) is 19.3 Å². The zero-order valence-electron chi connectivity index (χ0n) is 12.5. The highest BCUT2D eigenvalue weighted by molar-refractivity contribution is 5.77. The second-order valence-corrected chi connectivity index (χ2v) is 6.17.